The number of hydrogen-bond donors (Lipinski definition) is 1. The van der Waals surface area contributed by atoms with Crippen molar-refractivity contribution in [3.63, 3.8) is 0 Å². The molecular weight excluding hydrogens is 417 g/mol. The van der Waals surface area contributed by atoms with Gasteiger partial charge in [-0.2, -0.15) is 13.2 Å². The average molecular weight is 446 g/mol. The first kappa shape index (κ1) is 23.7. The molecule has 31 heavy (non-hydrogen) atoms. The third kappa shape index (κ3) is 7.05. The van der Waals surface area contributed by atoms with Gasteiger partial charge in [-0.3, -0.25) is 4.90 Å². The maximum Gasteiger partial charge on any atom is 0.490 e. The van der Waals surface area contributed by atoms with E-state index in [1.165, 1.54) is 12.8 Å². The lowest BCUT2D eigenvalue weighted by molar-refractivity contribution is -0.192. The number of aliphatic carboxylic acids is 1. The van der Waals surface area contributed by atoms with Gasteiger partial charge in [-0.05, 0) is 37.7 Å². The van der Waals surface area contributed by atoms with E-state index < -0.39 is 12.1 Å². The summed E-state index contributed by atoms with van der Waals surface area (Å²) in [6, 6.07) is 4.08. The normalized spacial score (nSPS) is 23.3. The number of alkyl halides is 3. The second-order valence-electron chi connectivity index (χ2n) is 8.35. The van der Waals surface area contributed by atoms with Gasteiger partial charge in [-0.25, -0.2) is 9.78 Å². The molecule has 4 rings (SSSR count). The number of carbonyl (C=O) groups is 1. The molecule has 1 atom stereocenters. The number of pyridine rings is 1. The SMILES string of the molecule is COc1ncccc1CN1CCC2(CC1)CC(OCC1CC1)CO2.O=C(O)C(F)(F)F. The van der Waals surface area contributed by atoms with E-state index in [9.17, 15) is 13.2 Å². The lowest BCUT2D eigenvalue weighted by Crippen LogP contribution is -2.44. The Bertz CT molecular complexity index is 734. The first-order valence-electron chi connectivity index (χ1n) is 10.5. The van der Waals surface area contributed by atoms with Crippen LogP contribution in [0.2, 0.25) is 0 Å². The maximum atomic E-state index is 10.6. The zero-order valence-corrected chi connectivity index (χ0v) is 17.6. The van der Waals surface area contributed by atoms with Crippen LogP contribution in [0, 0.1) is 5.92 Å². The second kappa shape index (κ2) is 10.1. The van der Waals surface area contributed by atoms with Crippen LogP contribution in [0.15, 0.2) is 18.3 Å². The fourth-order valence-corrected chi connectivity index (χ4v) is 3.90. The van der Waals surface area contributed by atoms with Crippen LogP contribution in [0.25, 0.3) is 0 Å². The number of ether oxygens (including phenoxy) is 3. The van der Waals surface area contributed by atoms with E-state index in [-0.39, 0.29) is 5.60 Å². The quantitative estimate of drug-likeness (QED) is 0.718. The standard InChI is InChI=1S/C19H28N2O3.C2HF3O2/c1-22-18-16(3-2-8-20-18)12-21-9-6-19(7-10-21)11-17(14-24-19)23-13-15-4-5-15;3-2(4,5)1(6)7/h2-3,8,15,17H,4-7,9-14H2,1H3;(H,6,7). The van der Waals surface area contributed by atoms with Crippen LogP contribution >= 0.6 is 0 Å². The number of hydrogen-bond acceptors (Lipinski definition) is 6. The molecule has 7 nitrogen and oxygen atoms in total. The summed E-state index contributed by atoms with van der Waals surface area (Å²) in [5.74, 6) is -1.19. The molecule has 1 aromatic heterocycles. The number of aromatic nitrogens is 1. The van der Waals surface area contributed by atoms with Gasteiger partial charge >= 0.3 is 12.1 Å². The van der Waals surface area contributed by atoms with Crippen LogP contribution in [0.1, 0.15) is 37.7 Å². The summed E-state index contributed by atoms with van der Waals surface area (Å²) in [4.78, 5) is 15.7. The monoisotopic (exact) mass is 446 g/mol. The van der Waals surface area contributed by atoms with Gasteiger partial charge in [-0.1, -0.05) is 6.07 Å². The predicted molar refractivity (Wildman–Crippen MR) is 105 cm³/mol. The first-order valence-corrected chi connectivity index (χ1v) is 10.5. The predicted octanol–water partition coefficient (Wildman–Crippen LogP) is 3.27. The number of rotatable bonds is 6. The van der Waals surface area contributed by atoms with E-state index in [4.69, 9.17) is 24.1 Å². The highest BCUT2D eigenvalue weighted by molar-refractivity contribution is 5.73. The highest BCUT2D eigenvalue weighted by Crippen LogP contribution is 2.38. The molecule has 3 heterocycles. The second-order valence-corrected chi connectivity index (χ2v) is 8.35. The van der Waals surface area contributed by atoms with Crippen molar-refractivity contribution in [1.29, 1.82) is 0 Å². The Morgan fingerprint density at radius 1 is 1.35 bits per heavy atom. The summed E-state index contributed by atoms with van der Waals surface area (Å²) < 4.78 is 49.3. The van der Waals surface area contributed by atoms with E-state index in [0.717, 1.165) is 69.5 Å². The van der Waals surface area contributed by atoms with Gasteiger partial charge in [-0.15, -0.1) is 0 Å². The Morgan fingerprint density at radius 2 is 2.03 bits per heavy atom. The molecule has 1 aliphatic carbocycles. The Morgan fingerprint density at radius 3 is 2.61 bits per heavy atom. The first-order chi connectivity index (χ1) is 14.7. The summed E-state index contributed by atoms with van der Waals surface area (Å²) in [5, 5.41) is 7.12. The third-order valence-corrected chi connectivity index (χ3v) is 5.89. The Kier molecular flexibility index (Phi) is 7.77. The minimum atomic E-state index is -5.08. The van der Waals surface area contributed by atoms with Crippen molar-refractivity contribution >= 4 is 5.97 Å². The van der Waals surface area contributed by atoms with Gasteiger partial charge in [0.15, 0.2) is 0 Å². The number of carboxylic acids is 1. The van der Waals surface area contributed by atoms with E-state index in [2.05, 4.69) is 16.0 Å². The molecule has 0 aromatic carbocycles. The van der Waals surface area contributed by atoms with Crippen LogP contribution in [0.5, 0.6) is 5.88 Å². The number of likely N-dealkylation sites (tertiary alicyclic amines) is 1. The van der Waals surface area contributed by atoms with E-state index in [0.29, 0.717) is 6.10 Å². The van der Waals surface area contributed by atoms with Gasteiger partial charge in [0, 0.05) is 44.4 Å². The van der Waals surface area contributed by atoms with Crippen molar-refractivity contribution in [1.82, 2.24) is 9.88 Å². The summed E-state index contributed by atoms with van der Waals surface area (Å²) in [6.45, 7) is 4.75. The zero-order valence-electron chi connectivity index (χ0n) is 17.6. The van der Waals surface area contributed by atoms with Crippen LogP contribution < -0.4 is 4.74 Å². The van der Waals surface area contributed by atoms with Gasteiger partial charge < -0.3 is 19.3 Å². The van der Waals surface area contributed by atoms with Crippen LogP contribution in [-0.2, 0) is 20.8 Å². The number of piperidine rings is 1. The van der Waals surface area contributed by atoms with Crippen molar-refractivity contribution in [2.24, 2.45) is 5.92 Å². The lowest BCUT2D eigenvalue weighted by atomic mass is 9.88. The zero-order chi connectivity index (χ0) is 22.5. The molecule has 0 amide bonds. The molecule has 3 aliphatic rings. The average Bonchev–Trinajstić information content (AvgIpc) is 3.49. The third-order valence-electron chi connectivity index (χ3n) is 5.89. The van der Waals surface area contributed by atoms with Gasteiger partial charge in [0.25, 0.3) is 0 Å². The molecule has 2 aliphatic heterocycles. The van der Waals surface area contributed by atoms with Gasteiger partial charge in [0.2, 0.25) is 5.88 Å². The van der Waals surface area contributed by atoms with E-state index in [1.54, 1.807) is 13.3 Å². The smallest absolute Gasteiger partial charge is 0.481 e. The molecule has 0 bridgehead atoms. The topological polar surface area (TPSA) is 81.1 Å². The minimum Gasteiger partial charge on any atom is -0.481 e. The Balaban J connectivity index is 0.000000339. The van der Waals surface area contributed by atoms with Crippen LogP contribution in [0.4, 0.5) is 13.2 Å². The number of methoxy groups -OCH3 is 1. The van der Waals surface area contributed by atoms with E-state index in [1.807, 2.05) is 6.07 Å². The summed E-state index contributed by atoms with van der Waals surface area (Å²) in [6.07, 6.45) is 2.98. The van der Waals surface area contributed by atoms with Crippen molar-refractivity contribution in [3.05, 3.63) is 23.9 Å². The fourth-order valence-electron chi connectivity index (χ4n) is 3.90. The summed E-state index contributed by atoms with van der Waals surface area (Å²) in [5.41, 5.74) is 1.22. The molecule has 174 valence electrons. The van der Waals surface area contributed by atoms with Gasteiger partial charge in [0.1, 0.15) is 0 Å². The number of carboxylic acid groups (broad SMARTS) is 1. The molecule has 0 radical (unpaired) electrons. The summed E-state index contributed by atoms with van der Waals surface area (Å²) >= 11 is 0. The lowest BCUT2D eigenvalue weighted by Gasteiger charge is -2.38. The van der Waals surface area contributed by atoms with Crippen molar-refractivity contribution in [2.45, 2.75) is 56.5 Å². The highest BCUT2D eigenvalue weighted by atomic mass is 19.4. The number of halogens is 3. The molecular formula is C21H29F3N2O5. The maximum absolute atomic E-state index is 10.6. The highest BCUT2D eigenvalue weighted by Gasteiger charge is 2.43. The largest absolute Gasteiger partial charge is 0.490 e. The fraction of sp³-hybridized carbons (Fsp3) is 0.714. The van der Waals surface area contributed by atoms with Crippen molar-refractivity contribution in [3.8, 4) is 5.88 Å². The summed E-state index contributed by atoms with van der Waals surface area (Å²) in [7, 11) is 1.69. The van der Waals surface area contributed by atoms with E-state index >= 15 is 0 Å². The Hall–Kier alpha value is -1.91. The number of nitrogens with zero attached hydrogens (tertiary/aromatic N) is 2. The van der Waals surface area contributed by atoms with Crippen molar-refractivity contribution < 1.29 is 37.3 Å². The van der Waals surface area contributed by atoms with Crippen molar-refractivity contribution in [2.75, 3.05) is 33.4 Å². The molecule has 1 N–H and O–H groups in total. The molecule has 1 spiro atoms. The molecule has 2 saturated heterocycles. The van der Waals surface area contributed by atoms with Gasteiger partial charge in [0.05, 0.1) is 25.4 Å². The molecule has 1 aromatic rings. The Labute approximate surface area is 179 Å². The minimum absolute atomic E-state index is 0.0593. The molecule has 1 unspecified atom stereocenters. The van der Waals surface area contributed by atoms with Crippen LogP contribution in [0.3, 0.4) is 0 Å². The van der Waals surface area contributed by atoms with Crippen LogP contribution in [-0.4, -0.2) is 72.3 Å². The molecule has 10 heteroatoms. The molecule has 1 saturated carbocycles. The molecule has 3 fully saturated rings.